The van der Waals surface area contributed by atoms with E-state index in [1.807, 2.05) is 42.5 Å². The molecule has 3 aromatic rings. The van der Waals surface area contributed by atoms with Gasteiger partial charge in [0.05, 0.1) is 16.6 Å². The molecule has 1 radical (unpaired) electrons. The average Bonchev–Trinajstić information content (AvgIpc) is 2.87. The van der Waals surface area contributed by atoms with Gasteiger partial charge >= 0.3 is 17.4 Å². The quantitative estimate of drug-likeness (QED) is 0.123. The van der Waals surface area contributed by atoms with Gasteiger partial charge in [0.25, 0.3) is 5.91 Å². The SMILES string of the molecule is CC(=O)[CH-]C(C)=O.CC(=O)[CH-]C(C)=O.[Cr+5].[NH-]CC[N-]CCCNC(=O)c1cccc2cc3ccccc3nc12.[O-][Cl+3]([O-])([O-])[O-]. The largest absolute Gasteiger partial charge is 5.00 e. The number of fused-ring (bicyclic) bond motifs is 2. The standard InChI is InChI=1S/C19H20N4O.2C5H7O2.ClHO4.Cr/c20-9-12-21-10-4-11-22-19(24)16-7-3-6-15-13-14-5-1-2-8-17(14)23-18(15)16;2*1-4(6)3-5(2)7;2-1(3,4)5;/h1-3,5-8,13,20H,4,9-12H2,(H,22,24);2*3H,1-2H3;(H,2,3,4,5);/q-2;2*-1;;+5/p-1. The minimum absolute atomic E-state index is 0. The van der Waals surface area contributed by atoms with E-state index >= 15 is 0 Å². The van der Waals surface area contributed by atoms with Crippen LogP contribution in [0.5, 0.6) is 0 Å². The Balaban J connectivity index is 0. The fraction of sp³-hybridized carbons (Fsp3) is 0.310. The number of nitrogens with zero attached hydrogens (tertiary/aromatic N) is 2. The number of amides is 1. The van der Waals surface area contributed by atoms with E-state index in [4.69, 9.17) is 24.4 Å². The van der Waals surface area contributed by atoms with E-state index in [1.165, 1.54) is 27.7 Å². The second-order valence-electron chi connectivity index (χ2n) is 8.70. The van der Waals surface area contributed by atoms with Gasteiger partial charge in [0.1, 0.15) is 0 Å². The summed E-state index contributed by atoms with van der Waals surface area (Å²) in [6.45, 7) is 7.53. The molecular weight excluding hydrogens is 636 g/mol. The molecule has 2 aromatic carbocycles. The van der Waals surface area contributed by atoms with E-state index in [9.17, 15) is 24.0 Å². The molecule has 13 nitrogen and oxygen atoms in total. The molecule has 0 saturated heterocycles. The molecule has 1 heterocycles. The molecule has 0 aliphatic rings. The van der Waals surface area contributed by atoms with Crippen LogP contribution < -0.4 is 24.0 Å². The summed E-state index contributed by atoms with van der Waals surface area (Å²) < 4.78 is 34.0. The van der Waals surface area contributed by atoms with Crippen molar-refractivity contribution < 1.29 is 70.2 Å². The van der Waals surface area contributed by atoms with Crippen molar-refractivity contribution in [1.29, 1.82) is 0 Å². The van der Waals surface area contributed by atoms with Crippen molar-refractivity contribution in [3.63, 3.8) is 0 Å². The molecule has 0 saturated carbocycles. The maximum Gasteiger partial charge on any atom is 5.00 e. The molecule has 3 rings (SSSR count). The van der Waals surface area contributed by atoms with Crippen LogP contribution in [0.1, 0.15) is 44.5 Å². The van der Waals surface area contributed by atoms with Crippen molar-refractivity contribution in [2.75, 3.05) is 26.2 Å². The number of rotatable bonds is 11. The van der Waals surface area contributed by atoms with Crippen molar-refractivity contribution in [3.8, 4) is 0 Å². The molecule has 0 aliphatic carbocycles. The summed E-state index contributed by atoms with van der Waals surface area (Å²) in [5, 5.41) is 9.16. The summed E-state index contributed by atoms with van der Waals surface area (Å²) in [6, 6.07) is 15.6. The monoisotopic (exact) mass is 669 g/mol. The number of halogens is 1. The van der Waals surface area contributed by atoms with Crippen molar-refractivity contribution in [2.24, 2.45) is 0 Å². The number of hydrogen-bond acceptors (Lipinski definition) is 10. The van der Waals surface area contributed by atoms with Crippen molar-refractivity contribution in [1.82, 2.24) is 10.3 Å². The first kappa shape index (κ1) is 42.7. The number of para-hydroxylation sites is 2. The number of carbonyl (C=O) groups excluding carboxylic acids is 5. The van der Waals surface area contributed by atoms with Crippen LogP contribution in [0.4, 0.5) is 0 Å². The van der Waals surface area contributed by atoms with Crippen LogP contribution in [0.25, 0.3) is 32.9 Å². The number of Topliss-reactive ketones (excluding diaryl/α,β-unsaturated/α-hetero) is 4. The molecular formula is C29H34ClCrN4O9. The zero-order valence-electron chi connectivity index (χ0n) is 24.7. The maximum atomic E-state index is 12.5. The van der Waals surface area contributed by atoms with Crippen LogP contribution in [-0.4, -0.2) is 60.2 Å². The first-order valence-corrected chi connectivity index (χ1v) is 14.0. The minimum Gasteiger partial charge on any atom is -0.679 e. The van der Waals surface area contributed by atoms with Crippen LogP contribution in [0.15, 0.2) is 48.5 Å². The Morgan fingerprint density at radius 2 is 1.32 bits per heavy atom. The predicted molar refractivity (Wildman–Crippen MR) is 150 cm³/mol. The van der Waals surface area contributed by atoms with Crippen molar-refractivity contribution in [2.45, 2.75) is 34.1 Å². The summed E-state index contributed by atoms with van der Waals surface area (Å²) in [6.07, 6.45) is 2.90. The van der Waals surface area contributed by atoms with E-state index in [0.717, 1.165) is 41.1 Å². The number of nitrogens with one attached hydrogen (secondary N) is 2. The third-order valence-electron chi connectivity index (χ3n) is 4.65. The van der Waals surface area contributed by atoms with E-state index in [2.05, 4.69) is 21.7 Å². The Labute approximate surface area is 269 Å². The number of pyridine rings is 1. The van der Waals surface area contributed by atoms with E-state index in [-0.39, 0.29) is 46.4 Å². The number of ketones is 4. The number of benzene rings is 2. The van der Waals surface area contributed by atoms with Crippen molar-refractivity contribution in [3.05, 3.63) is 78.0 Å². The van der Waals surface area contributed by atoms with E-state index in [0.29, 0.717) is 31.7 Å². The molecule has 1 aromatic heterocycles. The van der Waals surface area contributed by atoms with Gasteiger partial charge in [-0.05, 0) is 45.9 Å². The van der Waals surface area contributed by atoms with Gasteiger partial charge in [-0.2, -0.15) is 13.1 Å². The molecule has 0 spiro atoms. The molecule has 0 bridgehead atoms. The number of hydrogen-bond donors (Lipinski definition) is 1. The van der Waals surface area contributed by atoms with E-state index in [1.54, 1.807) is 0 Å². The van der Waals surface area contributed by atoms with Gasteiger partial charge in [0, 0.05) is 40.5 Å². The topological polar surface area (TPSA) is 240 Å². The molecule has 237 valence electrons. The normalized spacial score (nSPS) is 9.84. The summed E-state index contributed by atoms with van der Waals surface area (Å²) in [4.78, 5) is 57.1. The Kier molecular flexibility index (Phi) is 22.4. The zero-order valence-corrected chi connectivity index (χ0v) is 26.7. The fourth-order valence-corrected chi connectivity index (χ4v) is 3.24. The Bertz CT molecular complexity index is 1310. The second-order valence-corrected chi connectivity index (χ2v) is 9.45. The summed E-state index contributed by atoms with van der Waals surface area (Å²) in [7, 11) is -4.94. The van der Waals surface area contributed by atoms with Gasteiger partial charge in [-0.15, -0.1) is 16.8 Å². The minimum atomic E-state index is -4.94. The molecule has 2 N–H and O–H groups in total. The molecule has 44 heavy (non-hydrogen) atoms. The maximum absolute atomic E-state index is 12.5. The molecule has 1 amide bonds. The van der Waals surface area contributed by atoms with Crippen LogP contribution in [0.3, 0.4) is 0 Å². The van der Waals surface area contributed by atoms with Crippen LogP contribution in [0, 0.1) is 23.1 Å². The first-order chi connectivity index (χ1) is 20.0. The molecule has 0 atom stereocenters. The fourth-order valence-electron chi connectivity index (χ4n) is 3.24. The third kappa shape index (κ3) is 22.2. The van der Waals surface area contributed by atoms with Crippen LogP contribution in [-0.2, 0) is 36.5 Å². The average molecular weight is 670 g/mol. The Morgan fingerprint density at radius 1 is 0.818 bits per heavy atom. The molecule has 0 unspecified atom stereocenters. The molecule has 0 aliphatic heterocycles. The third-order valence-corrected chi connectivity index (χ3v) is 4.65. The molecule has 0 fully saturated rings. The van der Waals surface area contributed by atoms with E-state index < -0.39 is 10.2 Å². The predicted octanol–water partition coefficient (Wildman–Crippen LogP) is -0.0873. The van der Waals surface area contributed by atoms with Gasteiger partial charge in [-0.25, -0.2) is 23.6 Å². The van der Waals surface area contributed by atoms with Gasteiger partial charge in [-0.1, -0.05) is 36.8 Å². The van der Waals surface area contributed by atoms with Crippen molar-refractivity contribution >= 4 is 50.8 Å². The summed E-state index contributed by atoms with van der Waals surface area (Å²) >= 11 is 0. The Hall–Kier alpha value is -3.42. The number of aromatic nitrogens is 1. The van der Waals surface area contributed by atoms with Gasteiger partial charge in [0.2, 0.25) is 0 Å². The first-order valence-electron chi connectivity index (χ1n) is 12.7. The van der Waals surface area contributed by atoms with Gasteiger partial charge < -0.3 is 35.5 Å². The number of carbonyl (C=O) groups is 5. The summed E-state index contributed by atoms with van der Waals surface area (Å²) in [5.74, 6) is -0.858. The zero-order chi connectivity index (χ0) is 33.0. The van der Waals surface area contributed by atoms with Gasteiger partial charge in [0.15, 0.2) is 0 Å². The van der Waals surface area contributed by atoms with Crippen LogP contribution in [0.2, 0.25) is 0 Å². The second kappa shape index (κ2) is 23.0. The summed E-state index contributed by atoms with van der Waals surface area (Å²) in [5.41, 5.74) is 9.24. The van der Waals surface area contributed by atoms with Gasteiger partial charge in [-0.3, -0.25) is 17.6 Å². The Morgan fingerprint density at radius 3 is 1.80 bits per heavy atom. The molecule has 15 heteroatoms. The van der Waals surface area contributed by atoms with Crippen LogP contribution >= 0.6 is 0 Å². The smallest absolute Gasteiger partial charge is 0.679 e.